The maximum Gasteiger partial charge on any atom is 0.416 e. The number of nitrogens with two attached hydrogens (primary N) is 1. The Morgan fingerprint density at radius 2 is 1.72 bits per heavy atom. The number of alkyl halides is 6. The molecule has 3 aromatic rings. The van der Waals surface area contributed by atoms with Crippen LogP contribution in [0.3, 0.4) is 0 Å². The molecule has 1 aromatic heterocycles. The molecule has 29 heavy (non-hydrogen) atoms. The van der Waals surface area contributed by atoms with Crippen molar-refractivity contribution in [3.63, 3.8) is 0 Å². The molecule has 1 atom stereocenters. The molecule has 2 aromatic carbocycles. The van der Waals surface area contributed by atoms with Crippen LogP contribution in [-0.4, -0.2) is 12.0 Å². The lowest BCUT2D eigenvalue weighted by atomic mass is 9.91. The minimum atomic E-state index is -4.92. The third kappa shape index (κ3) is 4.61. The zero-order valence-electron chi connectivity index (χ0n) is 14.8. The molecule has 0 saturated carbocycles. The minimum absolute atomic E-state index is 0.232. The first-order valence-electron chi connectivity index (χ1n) is 8.48. The molecule has 0 aliphatic heterocycles. The minimum Gasteiger partial charge on any atom is -0.453 e. The molecule has 154 valence electrons. The topological polar surface area (TPSA) is 56.2 Å². The van der Waals surface area contributed by atoms with Crippen LogP contribution in [0.1, 0.15) is 39.6 Å². The largest absolute Gasteiger partial charge is 0.453 e. The summed E-state index contributed by atoms with van der Waals surface area (Å²) in [6.45, 7) is 0.232. The highest BCUT2D eigenvalue weighted by Crippen LogP contribution is 2.40. The molecule has 0 bridgehead atoms. The molecular formula is C20H15F6NO2. The summed E-state index contributed by atoms with van der Waals surface area (Å²) in [4.78, 5) is 12.4. The summed E-state index contributed by atoms with van der Waals surface area (Å²) in [5.74, 6) is -3.66. The molecule has 3 nitrogen and oxygen atoms in total. The van der Waals surface area contributed by atoms with E-state index in [9.17, 15) is 31.1 Å². The van der Waals surface area contributed by atoms with E-state index in [1.165, 1.54) is 6.07 Å². The molecule has 1 unspecified atom stereocenters. The fraction of sp³-hybridized carbons (Fsp3) is 0.250. The molecule has 0 fully saturated rings. The molecule has 0 radical (unpaired) electrons. The number of Topliss-reactive ketones (excluding diaryl/α,β-unsaturated/α-hetero) is 1. The van der Waals surface area contributed by atoms with Gasteiger partial charge in [-0.25, -0.2) is 0 Å². The third-order valence-corrected chi connectivity index (χ3v) is 4.49. The van der Waals surface area contributed by atoms with E-state index in [2.05, 4.69) is 0 Å². The summed E-state index contributed by atoms with van der Waals surface area (Å²) in [5.41, 5.74) is 4.72. The van der Waals surface area contributed by atoms with Gasteiger partial charge in [0.2, 0.25) is 0 Å². The summed E-state index contributed by atoms with van der Waals surface area (Å²) in [7, 11) is 0. The second kappa shape index (κ2) is 7.55. The Morgan fingerprint density at radius 3 is 2.34 bits per heavy atom. The number of hydrogen-bond acceptors (Lipinski definition) is 3. The van der Waals surface area contributed by atoms with Gasteiger partial charge in [0.25, 0.3) is 0 Å². The van der Waals surface area contributed by atoms with Crippen LogP contribution in [0.25, 0.3) is 11.0 Å². The number of carbonyl (C=O) groups is 1. The van der Waals surface area contributed by atoms with Gasteiger partial charge in [-0.2, -0.15) is 26.3 Å². The molecule has 0 amide bonds. The van der Waals surface area contributed by atoms with E-state index in [0.717, 1.165) is 17.7 Å². The van der Waals surface area contributed by atoms with Crippen molar-refractivity contribution in [1.29, 1.82) is 0 Å². The van der Waals surface area contributed by atoms with Crippen molar-refractivity contribution in [2.75, 3.05) is 0 Å². The van der Waals surface area contributed by atoms with Gasteiger partial charge in [0, 0.05) is 18.4 Å². The summed E-state index contributed by atoms with van der Waals surface area (Å²) in [6, 6.07) is 9.04. The lowest BCUT2D eigenvalue weighted by Gasteiger charge is -2.20. The zero-order chi connectivity index (χ0) is 21.4. The standard InChI is InChI=1S/C20H15F6NO2/c21-19(22,23)14-3-1-2-12(7-14)15(20(24,25)26)9-16(28)18-8-13-6-11(10-27)4-5-17(13)29-18/h1-8,15H,9-10,27H2. The van der Waals surface area contributed by atoms with Gasteiger partial charge in [-0.3, -0.25) is 4.79 Å². The molecular weight excluding hydrogens is 400 g/mol. The van der Waals surface area contributed by atoms with Gasteiger partial charge in [-0.15, -0.1) is 0 Å². The summed E-state index contributed by atoms with van der Waals surface area (Å²) in [5, 5.41) is 0.499. The van der Waals surface area contributed by atoms with Crippen molar-refractivity contribution in [3.8, 4) is 0 Å². The fourth-order valence-corrected chi connectivity index (χ4v) is 3.00. The van der Waals surface area contributed by atoms with E-state index in [1.54, 1.807) is 18.2 Å². The van der Waals surface area contributed by atoms with Crippen LogP contribution in [0.5, 0.6) is 0 Å². The number of furan rings is 1. The van der Waals surface area contributed by atoms with Crippen LogP contribution in [0, 0.1) is 0 Å². The molecule has 1 heterocycles. The number of halogens is 6. The maximum absolute atomic E-state index is 13.5. The van der Waals surface area contributed by atoms with Crippen LogP contribution >= 0.6 is 0 Å². The van der Waals surface area contributed by atoms with Crippen LogP contribution in [0.15, 0.2) is 52.9 Å². The molecule has 0 spiro atoms. The first kappa shape index (κ1) is 20.9. The van der Waals surface area contributed by atoms with Crippen molar-refractivity contribution in [1.82, 2.24) is 0 Å². The first-order valence-corrected chi connectivity index (χ1v) is 8.48. The summed E-state index contributed by atoms with van der Waals surface area (Å²) >= 11 is 0. The summed E-state index contributed by atoms with van der Waals surface area (Å²) in [6.07, 6.45) is -10.8. The van der Waals surface area contributed by atoms with Gasteiger partial charge in [0.05, 0.1) is 11.5 Å². The van der Waals surface area contributed by atoms with Gasteiger partial charge >= 0.3 is 12.4 Å². The Labute approximate surface area is 161 Å². The summed E-state index contributed by atoms with van der Waals surface area (Å²) < 4.78 is 84.5. The highest BCUT2D eigenvalue weighted by atomic mass is 19.4. The molecule has 9 heteroatoms. The number of benzene rings is 2. The molecule has 0 saturated heterocycles. The van der Waals surface area contributed by atoms with Gasteiger partial charge < -0.3 is 10.2 Å². The lowest BCUT2D eigenvalue weighted by Crippen LogP contribution is -2.24. The highest BCUT2D eigenvalue weighted by Gasteiger charge is 2.43. The smallest absolute Gasteiger partial charge is 0.416 e. The van der Waals surface area contributed by atoms with Crippen molar-refractivity contribution in [3.05, 3.63) is 71.0 Å². The maximum atomic E-state index is 13.5. The Morgan fingerprint density at radius 1 is 1.00 bits per heavy atom. The van der Waals surface area contributed by atoms with E-state index >= 15 is 0 Å². The number of rotatable bonds is 5. The quantitative estimate of drug-likeness (QED) is 0.421. The molecule has 3 rings (SSSR count). The zero-order valence-corrected chi connectivity index (χ0v) is 14.8. The van der Waals surface area contributed by atoms with Gasteiger partial charge in [0.1, 0.15) is 5.58 Å². The monoisotopic (exact) mass is 415 g/mol. The van der Waals surface area contributed by atoms with Crippen molar-refractivity contribution >= 4 is 16.8 Å². The van der Waals surface area contributed by atoms with Gasteiger partial charge in [-0.1, -0.05) is 24.3 Å². The SMILES string of the molecule is NCc1ccc2oc(C(=O)CC(c3cccc(C(F)(F)F)c3)C(F)(F)F)cc2c1. The first-order chi connectivity index (χ1) is 13.5. The van der Waals surface area contributed by atoms with E-state index in [1.807, 2.05) is 0 Å². The predicted octanol–water partition coefficient (Wildman–Crippen LogP) is 5.83. The van der Waals surface area contributed by atoms with E-state index in [4.69, 9.17) is 10.2 Å². The molecule has 0 aliphatic carbocycles. The van der Waals surface area contributed by atoms with Gasteiger partial charge in [-0.05, 0) is 35.4 Å². The highest BCUT2D eigenvalue weighted by molar-refractivity contribution is 5.98. The second-order valence-electron chi connectivity index (χ2n) is 6.53. The van der Waals surface area contributed by atoms with E-state index in [0.29, 0.717) is 23.1 Å². The molecule has 0 aliphatic rings. The average molecular weight is 415 g/mol. The number of fused-ring (bicyclic) bond motifs is 1. The lowest BCUT2D eigenvalue weighted by molar-refractivity contribution is -0.150. The Hall–Kier alpha value is -2.81. The molecule has 2 N–H and O–H groups in total. The van der Waals surface area contributed by atoms with E-state index in [-0.39, 0.29) is 12.3 Å². The van der Waals surface area contributed by atoms with E-state index < -0.39 is 41.6 Å². The average Bonchev–Trinajstić information content (AvgIpc) is 3.07. The number of ketones is 1. The van der Waals surface area contributed by atoms with Crippen molar-refractivity contribution in [2.24, 2.45) is 5.73 Å². The normalized spacial score (nSPS) is 13.6. The van der Waals surface area contributed by atoms with Gasteiger partial charge in [0.15, 0.2) is 11.5 Å². The van der Waals surface area contributed by atoms with Crippen LogP contribution in [0.4, 0.5) is 26.3 Å². The van der Waals surface area contributed by atoms with Crippen molar-refractivity contribution < 1.29 is 35.6 Å². The fourth-order valence-electron chi connectivity index (χ4n) is 3.00. The Kier molecular flexibility index (Phi) is 5.44. The number of carbonyl (C=O) groups excluding carboxylic acids is 1. The third-order valence-electron chi connectivity index (χ3n) is 4.49. The second-order valence-corrected chi connectivity index (χ2v) is 6.53. The van der Waals surface area contributed by atoms with Crippen LogP contribution in [-0.2, 0) is 12.7 Å². The Bertz CT molecular complexity index is 1040. The predicted molar refractivity (Wildman–Crippen MR) is 93.3 cm³/mol. The van der Waals surface area contributed by atoms with Crippen LogP contribution in [0.2, 0.25) is 0 Å². The van der Waals surface area contributed by atoms with Crippen LogP contribution < -0.4 is 5.73 Å². The van der Waals surface area contributed by atoms with Crippen molar-refractivity contribution in [2.45, 2.75) is 31.2 Å². The Balaban J connectivity index is 1.92. The number of hydrogen-bond donors (Lipinski definition) is 1.